The van der Waals surface area contributed by atoms with Gasteiger partial charge in [0.2, 0.25) is 10.0 Å². The molecule has 0 aromatic heterocycles. The van der Waals surface area contributed by atoms with Crippen molar-refractivity contribution >= 4 is 27.3 Å². The first-order valence-corrected chi connectivity index (χ1v) is 11.9. The molecule has 2 N–H and O–H groups in total. The van der Waals surface area contributed by atoms with Gasteiger partial charge in [-0.3, -0.25) is 9.52 Å². The van der Waals surface area contributed by atoms with Crippen LogP contribution in [-0.2, 0) is 16.6 Å². The molecular formula is C22H29N3O3S. The van der Waals surface area contributed by atoms with Gasteiger partial charge in [0.15, 0.2) is 0 Å². The molecule has 3 rings (SSSR count). The molecule has 0 aliphatic heterocycles. The molecule has 156 valence electrons. The minimum absolute atomic E-state index is 0.275. The summed E-state index contributed by atoms with van der Waals surface area (Å²) < 4.78 is 25.4. The number of benzene rings is 2. The first kappa shape index (κ1) is 21.2. The molecule has 0 saturated heterocycles. The highest BCUT2D eigenvalue weighted by atomic mass is 32.2. The van der Waals surface area contributed by atoms with E-state index in [0.29, 0.717) is 18.2 Å². The van der Waals surface area contributed by atoms with Gasteiger partial charge in [-0.2, -0.15) is 0 Å². The van der Waals surface area contributed by atoms with Crippen LogP contribution >= 0.6 is 0 Å². The van der Waals surface area contributed by atoms with Crippen molar-refractivity contribution in [2.24, 2.45) is 0 Å². The average Bonchev–Trinajstić information content (AvgIpc) is 2.72. The van der Waals surface area contributed by atoms with Gasteiger partial charge < -0.3 is 10.2 Å². The number of anilines is 2. The van der Waals surface area contributed by atoms with E-state index in [1.807, 2.05) is 12.1 Å². The minimum atomic E-state index is -3.46. The van der Waals surface area contributed by atoms with Crippen molar-refractivity contribution in [2.45, 2.75) is 44.7 Å². The van der Waals surface area contributed by atoms with Gasteiger partial charge in [0.05, 0.1) is 17.5 Å². The van der Waals surface area contributed by atoms with E-state index in [2.05, 4.69) is 34.1 Å². The Morgan fingerprint density at radius 3 is 2.34 bits per heavy atom. The maximum atomic E-state index is 12.6. The zero-order chi connectivity index (χ0) is 20.9. The Balaban J connectivity index is 1.61. The van der Waals surface area contributed by atoms with E-state index in [-0.39, 0.29) is 11.6 Å². The lowest BCUT2D eigenvalue weighted by atomic mass is 9.94. The monoisotopic (exact) mass is 415 g/mol. The van der Waals surface area contributed by atoms with Gasteiger partial charge in [0.25, 0.3) is 5.91 Å². The van der Waals surface area contributed by atoms with E-state index in [4.69, 9.17) is 0 Å². The molecule has 1 fully saturated rings. The highest BCUT2D eigenvalue weighted by Crippen LogP contribution is 2.26. The maximum absolute atomic E-state index is 12.6. The van der Waals surface area contributed by atoms with Crippen molar-refractivity contribution in [1.29, 1.82) is 0 Å². The number of amides is 1. The predicted octanol–water partition coefficient (Wildman–Crippen LogP) is 3.76. The van der Waals surface area contributed by atoms with Gasteiger partial charge in [-0.25, -0.2) is 8.42 Å². The van der Waals surface area contributed by atoms with E-state index >= 15 is 0 Å². The third kappa shape index (κ3) is 5.97. The molecule has 2 aromatic rings. The molecule has 0 spiro atoms. The number of rotatable bonds is 7. The molecule has 7 heteroatoms. The molecule has 0 heterocycles. The van der Waals surface area contributed by atoms with Crippen LogP contribution in [0, 0.1) is 0 Å². The van der Waals surface area contributed by atoms with Crippen LogP contribution in [0.1, 0.15) is 48.0 Å². The summed E-state index contributed by atoms with van der Waals surface area (Å²) in [7, 11) is -1.31. The zero-order valence-corrected chi connectivity index (χ0v) is 17.8. The van der Waals surface area contributed by atoms with Gasteiger partial charge in [0, 0.05) is 25.3 Å². The first-order valence-electron chi connectivity index (χ1n) is 10.0. The SMILES string of the molecule is CN(c1ccc(CNC(=O)c2ccccc2NS(C)(=O)=O)cc1)C1CCCCC1. The Hall–Kier alpha value is -2.54. The summed E-state index contributed by atoms with van der Waals surface area (Å²) in [5.74, 6) is -0.319. The standard InChI is InChI=1S/C22H29N3O3S/c1-25(18-8-4-3-5-9-18)19-14-12-17(13-15-19)16-23-22(26)20-10-6-7-11-21(20)24-29(2,27)28/h6-7,10-15,18,24H,3-5,8-9,16H2,1-2H3,(H,23,26). The summed E-state index contributed by atoms with van der Waals surface area (Å²) in [4.78, 5) is 14.9. The van der Waals surface area contributed by atoms with Gasteiger partial charge in [-0.05, 0) is 42.7 Å². The molecule has 0 radical (unpaired) electrons. The summed E-state index contributed by atoms with van der Waals surface area (Å²) in [5.41, 5.74) is 2.76. The number of hydrogen-bond acceptors (Lipinski definition) is 4. The lowest BCUT2D eigenvalue weighted by molar-refractivity contribution is 0.0952. The van der Waals surface area contributed by atoms with Crippen LogP contribution < -0.4 is 14.9 Å². The minimum Gasteiger partial charge on any atom is -0.372 e. The van der Waals surface area contributed by atoms with Crippen LogP contribution in [0.5, 0.6) is 0 Å². The average molecular weight is 416 g/mol. The predicted molar refractivity (Wildman–Crippen MR) is 118 cm³/mol. The van der Waals surface area contributed by atoms with Crippen molar-refractivity contribution in [3.8, 4) is 0 Å². The van der Waals surface area contributed by atoms with Gasteiger partial charge >= 0.3 is 0 Å². The second kappa shape index (κ2) is 9.31. The Kier molecular flexibility index (Phi) is 6.79. The van der Waals surface area contributed by atoms with E-state index < -0.39 is 10.0 Å². The van der Waals surface area contributed by atoms with E-state index in [0.717, 1.165) is 11.8 Å². The summed E-state index contributed by atoms with van der Waals surface area (Å²) in [6, 6.07) is 15.4. The quantitative estimate of drug-likeness (QED) is 0.722. The number of nitrogens with zero attached hydrogens (tertiary/aromatic N) is 1. The molecule has 0 unspecified atom stereocenters. The van der Waals surface area contributed by atoms with E-state index in [9.17, 15) is 13.2 Å². The number of sulfonamides is 1. The van der Waals surface area contributed by atoms with Gasteiger partial charge in [-0.1, -0.05) is 43.5 Å². The van der Waals surface area contributed by atoms with Gasteiger partial charge in [-0.15, -0.1) is 0 Å². The van der Waals surface area contributed by atoms with Crippen LogP contribution in [-0.4, -0.2) is 33.7 Å². The van der Waals surface area contributed by atoms with Crippen LogP contribution in [0.2, 0.25) is 0 Å². The van der Waals surface area contributed by atoms with Crippen molar-refractivity contribution in [1.82, 2.24) is 5.32 Å². The van der Waals surface area contributed by atoms with Crippen molar-refractivity contribution in [2.75, 3.05) is 22.9 Å². The number of nitrogens with one attached hydrogen (secondary N) is 2. The number of carbonyl (C=O) groups excluding carboxylic acids is 1. The lowest BCUT2D eigenvalue weighted by Gasteiger charge is -2.33. The lowest BCUT2D eigenvalue weighted by Crippen LogP contribution is -2.33. The van der Waals surface area contributed by atoms with Crippen molar-refractivity contribution in [3.05, 3.63) is 59.7 Å². The second-order valence-corrected chi connectivity index (χ2v) is 9.42. The highest BCUT2D eigenvalue weighted by molar-refractivity contribution is 7.92. The second-order valence-electron chi connectivity index (χ2n) is 7.67. The summed E-state index contributed by atoms with van der Waals surface area (Å²) in [6.07, 6.45) is 7.49. The third-order valence-corrected chi connectivity index (χ3v) is 5.98. The van der Waals surface area contributed by atoms with Gasteiger partial charge in [0.1, 0.15) is 0 Å². The molecule has 1 saturated carbocycles. The van der Waals surface area contributed by atoms with Crippen molar-refractivity contribution < 1.29 is 13.2 Å². The molecule has 1 aliphatic carbocycles. The fraction of sp³-hybridized carbons (Fsp3) is 0.409. The molecule has 2 aromatic carbocycles. The van der Waals surface area contributed by atoms with E-state index in [1.165, 1.54) is 37.8 Å². The van der Waals surface area contributed by atoms with Crippen LogP contribution in [0.4, 0.5) is 11.4 Å². The molecule has 1 amide bonds. The smallest absolute Gasteiger partial charge is 0.253 e. The maximum Gasteiger partial charge on any atom is 0.253 e. The van der Waals surface area contributed by atoms with Crippen molar-refractivity contribution in [3.63, 3.8) is 0 Å². The Morgan fingerprint density at radius 1 is 1.03 bits per heavy atom. The molecule has 1 aliphatic rings. The van der Waals surface area contributed by atoms with Crippen LogP contribution in [0.25, 0.3) is 0 Å². The first-order chi connectivity index (χ1) is 13.8. The summed E-state index contributed by atoms with van der Waals surface area (Å²) in [5, 5.41) is 2.87. The van der Waals surface area contributed by atoms with E-state index in [1.54, 1.807) is 24.3 Å². The molecule has 29 heavy (non-hydrogen) atoms. The fourth-order valence-electron chi connectivity index (χ4n) is 3.78. The van der Waals surface area contributed by atoms with Crippen LogP contribution in [0.3, 0.4) is 0 Å². The molecular weight excluding hydrogens is 386 g/mol. The Bertz CT molecular complexity index is 936. The zero-order valence-electron chi connectivity index (χ0n) is 17.0. The number of hydrogen-bond donors (Lipinski definition) is 2. The Labute approximate surface area is 173 Å². The Morgan fingerprint density at radius 2 is 1.69 bits per heavy atom. The largest absolute Gasteiger partial charge is 0.372 e. The number of para-hydroxylation sites is 1. The number of carbonyl (C=O) groups is 1. The molecule has 6 nitrogen and oxygen atoms in total. The highest BCUT2D eigenvalue weighted by Gasteiger charge is 2.18. The fourth-order valence-corrected chi connectivity index (χ4v) is 4.35. The van der Waals surface area contributed by atoms with Crippen LogP contribution in [0.15, 0.2) is 48.5 Å². The molecule has 0 atom stereocenters. The molecule has 0 bridgehead atoms. The topological polar surface area (TPSA) is 78.5 Å². The summed E-state index contributed by atoms with van der Waals surface area (Å²) in [6.45, 7) is 0.374. The summed E-state index contributed by atoms with van der Waals surface area (Å²) >= 11 is 0. The normalized spacial score (nSPS) is 15.0. The third-order valence-electron chi connectivity index (χ3n) is 5.39.